The number of hydrogen-bond donors (Lipinski definition) is 3. The Morgan fingerprint density at radius 3 is 2.48 bits per heavy atom. The smallest absolute Gasteiger partial charge is 0.251 e. The topological polar surface area (TPSA) is 139 Å². The van der Waals surface area contributed by atoms with Crippen LogP contribution in [0.15, 0.2) is 97.7 Å². The van der Waals surface area contributed by atoms with E-state index < -0.39 is 5.82 Å². The van der Waals surface area contributed by atoms with Gasteiger partial charge in [0.05, 0.1) is 29.2 Å². The zero-order chi connectivity index (χ0) is 33.2. The molecule has 1 amide bonds. The molecule has 10 nitrogen and oxygen atoms in total. The molecule has 2 aromatic carbocycles. The van der Waals surface area contributed by atoms with Crippen LogP contribution in [0.3, 0.4) is 0 Å². The number of nitrogens with two attached hydrogens (primary N) is 1. The van der Waals surface area contributed by atoms with Crippen LogP contribution in [0.4, 0.5) is 10.2 Å². The third-order valence-electron chi connectivity index (χ3n) is 8.77. The number of aromatic hydroxyl groups is 1. The molecule has 1 aliphatic rings. The maximum Gasteiger partial charge on any atom is 0.251 e. The number of phenols is 1. The number of fused-ring (bicyclic) bond motifs is 1. The van der Waals surface area contributed by atoms with Gasteiger partial charge in [0.15, 0.2) is 6.29 Å². The number of nitrogens with zero attached hydrogens (tertiary/aromatic N) is 5. The van der Waals surface area contributed by atoms with Crippen molar-refractivity contribution in [1.29, 1.82) is 0 Å². The summed E-state index contributed by atoms with van der Waals surface area (Å²) in [4.78, 5) is 39.4. The second kappa shape index (κ2) is 13.0. The van der Waals surface area contributed by atoms with Crippen molar-refractivity contribution in [2.45, 2.75) is 25.4 Å². The molecule has 0 radical (unpaired) electrons. The Bertz CT molecular complexity index is 2120. The zero-order valence-electron chi connectivity index (χ0n) is 25.9. The summed E-state index contributed by atoms with van der Waals surface area (Å²) in [5, 5.41) is 12.8. The lowest BCUT2D eigenvalue weighted by Crippen LogP contribution is -2.44. The predicted octanol–water partition coefficient (Wildman–Crippen LogP) is 5.76. The summed E-state index contributed by atoms with van der Waals surface area (Å²) in [7, 11) is 0. The van der Waals surface area contributed by atoms with Gasteiger partial charge in [-0.1, -0.05) is 24.3 Å². The number of hydrogen-bond acceptors (Lipinski definition) is 8. The highest BCUT2D eigenvalue weighted by Gasteiger charge is 2.22. The van der Waals surface area contributed by atoms with Gasteiger partial charge < -0.3 is 20.6 Å². The summed E-state index contributed by atoms with van der Waals surface area (Å²) in [5.41, 5.74) is 13.7. The van der Waals surface area contributed by atoms with Crippen molar-refractivity contribution < 1.29 is 19.1 Å². The quantitative estimate of drug-likeness (QED) is 0.178. The Morgan fingerprint density at radius 2 is 1.75 bits per heavy atom. The number of piperidine rings is 1. The fourth-order valence-corrected chi connectivity index (χ4v) is 6.22. The minimum Gasteiger partial charge on any atom is -0.507 e. The van der Waals surface area contributed by atoms with Gasteiger partial charge >= 0.3 is 0 Å². The zero-order valence-corrected chi connectivity index (χ0v) is 25.9. The highest BCUT2D eigenvalue weighted by molar-refractivity contribution is 5.97. The van der Waals surface area contributed by atoms with E-state index in [1.54, 1.807) is 18.5 Å². The lowest BCUT2D eigenvalue weighted by molar-refractivity contribution is 0.0909. The van der Waals surface area contributed by atoms with E-state index in [2.05, 4.69) is 49.4 Å². The lowest BCUT2D eigenvalue weighted by Gasteiger charge is -2.32. The molecule has 240 valence electrons. The van der Waals surface area contributed by atoms with Crippen molar-refractivity contribution in [3.63, 3.8) is 0 Å². The van der Waals surface area contributed by atoms with Crippen molar-refractivity contribution >= 4 is 23.5 Å². The maximum absolute atomic E-state index is 13.5. The first-order chi connectivity index (χ1) is 23.4. The molecular weight excluding hydrogens is 609 g/mol. The van der Waals surface area contributed by atoms with Gasteiger partial charge in [-0.2, -0.15) is 0 Å². The number of aldehydes is 1. The maximum atomic E-state index is 13.5. The molecule has 1 fully saturated rings. The molecule has 48 heavy (non-hydrogen) atoms. The molecule has 4 aromatic heterocycles. The molecule has 6 aromatic rings. The van der Waals surface area contributed by atoms with Crippen molar-refractivity contribution in [2.75, 3.05) is 18.8 Å². The Balaban J connectivity index is 1.07. The molecule has 0 bridgehead atoms. The van der Waals surface area contributed by atoms with Crippen LogP contribution < -0.4 is 11.1 Å². The van der Waals surface area contributed by atoms with Crippen LogP contribution in [-0.4, -0.2) is 60.7 Å². The SMILES string of the molecule is Nc1ncccc1-c1cn2cc(-c3ccc(F)cn3)ncc2c1-c1ccc(CN2CCC(NC(=O)c3ccc(O)c(C=O)c3)CC2)cc1. The minimum absolute atomic E-state index is 0.0269. The van der Waals surface area contributed by atoms with Crippen LogP contribution in [0, 0.1) is 5.82 Å². The van der Waals surface area contributed by atoms with Crippen LogP contribution in [0.2, 0.25) is 0 Å². The summed E-state index contributed by atoms with van der Waals surface area (Å²) in [6, 6.07) is 19.6. The van der Waals surface area contributed by atoms with Gasteiger partial charge in [-0.05, 0) is 66.4 Å². The number of nitrogens with one attached hydrogen (secondary N) is 1. The average molecular weight is 642 g/mol. The number of phenolic OH excluding ortho intramolecular Hbond substituents is 1. The van der Waals surface area contributed by atoms with Crippen molar-refractivity contribution in [2.24, 2.45) is 0 Å². The van der Waals surface area contributed by atoms with Gasteiger partial charge in [-0.3, -0.25) is 24.5 Å². The van der Waals surface area contributed by atoms with E-state index in [0.29, 0.717) is 29.1 Å². The van der Waals surface area contributed by atoms with E-state index in [1.165, 1.54) is 36.0 Å². The second-order valence-corrected chi connectivity index (χ2v) is 11.9. The predicted molar refractivity (Wildman–Crippen MR) is 181 cm³/mol. The molecule has 1 aliphatic heterocycles. The molecule has 1 saturated heterocycles. The van der Waals surface area contributed by atoms with Gasteiger partial charge in [0.25, 0.3) is 5.91 Å². The molecule has 5 heterocycles. The summed E-state index contributed by atoms with van der Waals surface area (Å²) in [6.45, 7) is 2.43. The molecule has 7 rings (SSSR count). The van der Waals surface area contributed by atoms with E-state index >= 15 is 0 Å². The van der Waals surface area contributed by atoms with E-state index in [9.17, 15) is 19.1 Å². The molecule has 4 N–H and O–H groups in total. The summed E-state index contributed by atoms with van der Waals surface area (Å²) >= 11 is 0. The van der Waals surface area contributed by atoms with Crippen LogP contribution in [0.5, 0.6) is 5.75 Å². The highest BCUT2D eigenvalue weighted by Crippen LogP contribution is 2.39. The first kappa shape index (κ1) is 30.7. The molecule has 0 spiro atoms. The Hall–Kier alpha value is -5.94. The summed E-state index contributed by atoms with van der Waals surface area (Å²) in [5.74, 6) is -0.378. The number of anilines is 1. The normalized spacial score (nSPS) is 13.9. The number of benzene rings is 2. The van der Waals surface area contributed by atoms with E-state index in [4.69, 9.17) is 5.73 Å². The number of halogens is 1. The van der Waals surface area contributed by atoms with Gasteiger partial charge in [-0.25, -0.2) is 9.37 Å². The van der Waals surface area contributed by atoms with Crippen LogP contribution in [0.25, 0.3) is 39.2 Å². The Kier molecular flexibility index (Phi) is 8.35. The molecule has 0 aliphatic carbocycles. The fraction of sp³-hybridized carbons (Fsp3) is 0.162. The Morgan fingerprint density at radius 1 is 0.958 bits per heavy atom. The van der Waals surface area contributed by atoms with Crippen LogP contribution >= 0.6 is 0 Å². The first-order valence-corrected chi connectivity index (χ1v) is 15.6. The summed E-state index contributed by atoms with van der Waals surface area (Å²) < 4.78 is 15.5. The number of carbonyl (C=O) groups is 2. The van der Waals surface area contributed by atoms with E-state index in [1.807, 2.05) is 28.9 Å². The van der Waals surface area contributed by atoms with Crippen LogP contribution in [0.1, 0.15) is 39.1 Å². The number of pyridine rings is 2. The van der Waals surface area contributed by atoms with Gasteiger partial charge in [0.2, 0.25) is 0 Å². The monoisotopic (exact) mass is 641 g/mol. The number of nitrogen functional groups attached to an aromatic ring is 1. The van der Waals surface area contributed by atoms with Gasteiger partial charge in [0, 0.05) is 66.5 Å². The molecule has 0 saturated carbocycles. The molecule has 0 unspecified atom stereocenters. The second-order valence-electron chi connectivity index (χ2n) is 11.9. The third-order valence-corrected chi connectivity index (χ3v) is 8.77. The number of carbonyl (C=O) groups excluding carboxylic acids is 2. The third kappa shape index (κ3) is 6.23. The van der Waals surface area contributed by atoms with Crippen LogP contribution in [-0.2, 0) is 6.54 Å². The number of aromatic nitrogens is 4. The van der Waals surface area contributed by atoms with E-state index in [0.717, 1.165) is 60.2 Å². The van der Waals surface area contributed by atoms with Crippen molar-refractivity contribution in [3.05, 3.63) is 120 Å². The molecule has 0 atom stereocenters. The summed E-state index contributed by atoms with van der Waals surface area (Å²) in [6.07, 6.45) is 10.7. The van der Waals surface area contributed by atoms with Gasteiger partial charge in [-0.15, -0.1) is 0 Å². The van der Waals surface area contributed by atoms with Crippen molar-refractivity contribution in [1.82, 2.24) is 29.6 Å². The number of likely N-dealkylation sites (tertiary alicyclic amines) is 1. The Labute approximate surface area is 275 Å². The molecular formula is C37H32FN7O3. The minimum atomic E-state index is -0.406. The van der Waals surface area contributed by atoms with Crippen molar-refractivity contribution in [3.8, 4) is 39.4 Å². The number of amides is 1. The largest absolute Gasteiger partial charge is 0.507 e. The average Bonchev–Trinajstić information content (AvgIpc) is 3.48. The standard InChI is InChI=1S/C37H32FN7O3/c38-27-8-9-31(41-17-27)32-21-45-20-30(29-2-1-13-40-36(29)39)35(33(45)18-42-32)24-5-3-23(4-6-24)19-44-14-11-28(12-15-44)43-37(48)25-7-10-34(47)26(16-25)22-46/h1-10,13,16-18,20-22,28,47H,11-12,14-15,19H2,(H2,39,40)(H,43,48). The highest BCUT2D eigenvalue weighted by atomic mass is 19.1. The van der Waals surface area contributed by atoms with E-state index in [-0.39, 0.29) is 23.3 Å². The lowest BCUT2D eigenvalue weighted by atomic mass is 9.97. The molecule has 11 heteroatoms. The number of rotatable bonds is 8. The fourth-order valence-electron chi connectivity index (χ4n) is 6.22. The first-order valence-electron chi connectivity index (χ1n) is 15.6. The van der Waals surface area contributed by atoms with Gasteiger partial charge in [0.1, 0.15) is 23.1 Å².